The summed E-state index contributed by atoms with van der Waals surface area (Å²) in [5, 5.41) is 0. The third kappa shape index (κ3) is 3.73. The van der Waals surface area contributed by atoms with E-state index in [-0.39, 0.29) is 29.3 Å². The van der Waals surface area contributed by atoms with E-state index in [4.69, 9.17) is 18.9 Å². The first-order chi connectivity index (χ1) is 10.4. The maximum Gasteiger partial charge on any atom is 0.0998 e. The van der Waals surface area contributed by atoms with Crippen molar-refractivity contribution in [3.63, 3.8) is 0 Å². The van der Waals surface area contributed by atoms with Gasteiger partial charge in [-0.1, -0.05) is 11.6 Å². The van der Waals surface area contributed by atoms with Gasteiger partial charge in [0.05, 0.1) is 36.6 Å². The smallest absolute Gasteiger partial charge is 0.0998 e. The van der Waals surface area contributed by atoms with Crippen LogP contribution >= 0.6 is 0 Å². The van der Waals surface area contributed by atoms with E-state index < -0.39 is 0 Å². The summed E-state index contributed by atoms with van der Waals surface area (Å²) in [6, 6.07) is 0. The van der Waals surface area contributed by atoms with Crippen LogP contribution in [0.5, 0.6) is 0 Å². The van der Waals surface area contributed by atoms with E-state index >= 15 is 0 Å². The zero-order chi connectivity index (χ0) is 16.4. The molecule has 0 aromatic carbocycles. The molecule has 2 aliphatic rings. The Morgan fingerprint density at radius 2 is 1.95 bits per heavy atom. The van der Waals surface area contributed by atoms with Crippen molar-refractivity contribution in [3.8, 4) is 0 Å². The summed E-state index contributed by atoms with van der Waals surface area (Å²) < 4.78 is 23.6. The fourth-order valence-electron chi connectivity index (χ4n) is 3.97. The van der Waals surface area contributed by atoms with Crippen LogP contribution in [-0.2, 0) is 18.9 Å². The van der Waals surface area contributed by atoms with Crippen molar-refractivity contribution in [1.29, 1.82) is 0 Å². The molecule has 4 heteroatoms. The summed E-state index contributed by atoms with van der Waals surface area (Å²) in [5.74, 6) is 0.190. The minimum Gasteiger partial charge on any atom is -0.379 e. The predicted octanol–water partition coefficient (Wildman–Crippen LogP) is 3.35. The molecule has 128 valence electrons. The number of methoxy groups -OCH3 is 2. The van der Waals surface area contributed by atoms with Crippen LogP contribution in [0.25, 0.3) is 0 Å². The van der Waals surface area contributed by atoms with Crippen LogP contribution in [0.1, 0.15) is 47.0 Å². The molecule has 0 radical (unpaired) electrons. The first-order valence-corrected chi connectivity index (χ1v) is 8.33. The number of allylic oxidation sites excluding steroid dienone is 1. The zero-order valence-corrected chi connectivity index (χ0v) is 15.0. The van der Waals surface area contributed by atoms with Gasteiger partial charge in [-0.15, -0.1) is 0 Å². The van der Waals surface area contributed by atoms with Crippen molar-refractivity contribution in [2.75, 3.05) is 27.4 Å². The van der Waals surface area contributed by atoms with E-state index in [1.807, 2.05) is 0 Å². The standard InChI is InChI=1S/C18H32O4/c1-13(2)8-7-11-21-17(3,4)16-15(20-6)14(19-5)9-10-18(16)12-22-18/h8,14-16H,7,9-12H2,1-6H3/t14?,15?,16?,18-/m0/s1. The molecule has 1 saturated heterocycles. The van der Waals surface area contributed by atoms with Gasteiger partial charge in [0.2, 0.25) is 0 Å². The van der Waals surface area contributed by atoms with Gasteiger partial charge in [0.25, 0.3) is 0 Å². The van der Waals surface area contributed by atoms with E-state index in [1.165, 1.54) is 5.57 Å². The molecule has 0 N–H and O–H groups in total. The van der Waals surface area contributed by atoms with E-state index in [9.17, 15) is 0 Å². The van der Waals surface area contributed by atoms with E-state index in [0.29, 0.717) is 0 Å². The van der Waals surface area contributed by atoms with Crippen LogP contribution in [0, 0.1) is 5.92 Å². The first-order valence-electron chi connectivity index (χ1n) is 8.33. The molecule has 1 saturated carbocycles. The molecule has 0 bridgehead atoms. The number of ether oxygens (including phenoxy) is 4. The van der Waals surface area contributed by atoms with Crippen molar-refractivity contribution in [1.82, 2.24) is 0 Å². The van der Waals surface area contributed by atoms with Gasteiger partial charge in [-0.05, 0) is 47.0 Å². The van der Waals surface area contributed by atoms with Crippen molar-refractivity contribution in [2.45, 2.75) is 70.4 Å². The average molecular weight is 312 g/mol. The maximum atomic E-state index is 6.26. The molecule has 0 aromatic rings. The summed E-state index contributed by atoms with van der Waals surface area (Å²) in [5.41, 5.74) is 0.954. The summed E-state index contributed by atoms with van der Waals surface area (Å²) >= 11 is 0. The Balaban J connectivity index is 2.08. The lowest BCUT2D eigenvalue weighted by atomic mass is 9.68. The average Bonchev–Trinajstić information content (AvgIpc) is 3.22. The number of epoxide rings is 1. The molecule has 1 aliphatic heterocycles. The maximum absolute atomic E-state index is 6.26. The highest BCUT2D eigenvalue weighted by atomic mass is 16.6. The minimum atomic E-state index is -0.302. The fraction of sp³-hybridized carbons (Fsp3) is 0.889. The topological polar surface area (TPSA) is 40.2 Å². The molecule has 0 amide bonds. The molecule has 1 spiro atoms. The highest BCUT2D eigenvalue weighted by Gasteiger charge is 2.63. The Morgan fingerprint density at radius 1 is 1.27 bits per heavy atom. The summed E-state index contributed by atoms with van der Waals surface area (Å²) in [6.07, 6.45) is 5.30. The van der Waals surface area contributed by atoms with Gasteiger partial charge in [0.15, 0.2) is 0 Å². The lowest BCUT2D eigenvalue weighted by molar-refractivity contribution is -0.181. The SMILES string of the molecule is COC1CC[C@]2(CO2)C(C(C)(C)OCCC=C(C)C)C1OC. The molecule has 4 atom stereocenters. The molecule has 3 unspecified atom stereocenters. The predicted molar refractivity (Wildman–Crippen MR) is 87.1 cm³/mol. The third-order valence-corrected chi connectivity index (χ3v) is 5.10. The van der Waals surface area contributed by atoms with Gasteiger partial charge >= 0.3 is 0 Å². The zero-order valence-electron chi connectivity index (χ0n) is 15.0. The molecule has 4 nitrogen and oxygen atoms in total. The molecule has 2 fully saturated rings. The lowest BCUT2D eigenvalue weighted by Gasteiger charge is -2.47. The normalized spacial score (nSPS) is 34.7. The Kier molecular flexibility index (Phi) is 5.70. The number of rotatable bonds is 7. The Bertz CT molecular complexity index is 394. The summed E-state index contributed by atoms with van der Waals surface area (Å²) in [7, 11) is 3.53. The first kappa shape index (κ1) is 17.9. The molecule has 0 aromatic heterocycles. The van der Waals surface area contributed by atoms with Crippen LogP contribution in [-0.4, -0.2) is 50.8 Å². The minimum absolute atomic E-state index is 0.0136. The van der Waals surface area contributed by atoms with Gasteiger partial charge in [-0.2, -0.15) is 0 Å². The van der Waals surface area contributed by atoms with Crippen molar-refractivity contribution >= 4 is 0 Å². The third-order valence-electron chi connectivity index (χ3n) is 5.10. The lowest BCUT2D eigenvalue weighted by Crippen LogP contribution is -2.58. The number of hydrogen-bond acceptors (Lipinski definition) is 4. The van der Waals surface area contributed by atoms with Crippen LogP contribution in [0.3, 0.4) is 0 Å². The van der Waals surface area contributed by atoms with Crippen LogP contribution in [0.15, 0.2) is 11.6 Å². The van der Waals surface area contributed by atoms with Gasteiger partial charge in [-0.3, -0.25) is 0 Å². The Labute approximate surface area is 135 Å². The largest absolute Gasteiger partial charge is 0.379 e. The number of hydrogen-bond donors (Lipinski definition) is 0. The molecule has 1 heterocycles. The highest BCUT2D eigenvalue weighted by Crippen LogP contribution is 2.52. The quantitative estimate of drug-likeness (QED) is 0.411. The second-order valence-electron chi connectivity index (χ2n) is 7.37. The Hall–Kier alpha value is -0.420. The highest BCUT2D eigenvalue weighted by molar-refractivity contribution is 5.12. The van der Waals surface area contributed by atoms with Crippen molar-refractivity contribution in [3.05, 3.63) is 11.6 Å². The fourth-order valence-corrected chi connectivity index (χ4v) is 3.97. The molecular formula is C18H32O4. The Morgan fingerprint density at radius 3 is 2.45 bits per heavy atom. The molecular weight excluding hydrogens is 280 g/mol. The molecule has 1 aliphatic carbocycles. The monoisotopic (exact) mass is 312 g/mol. The van der Waals surface area contributed by atoms with Crippen molar-refractivity contribution < 1.29 is 18.9 Å². The second kappa shape index (κ2) is 7.00. The van der Waals surface area contributed by atoms with Gasteiger partial charge < -0.3 is 18.9 Å². The van der Waals surface area contributed by atoms with E-state index in [2.05, 4.69) is 33.8 Å². The van der Waals surface area contributed by atoms with Gasteiger partial charge in [0, 0.05) is 20.1 Å². The second-order valence-corrected chi connectivity index (χ2v) is 7.37. The van der Waals surface area contributed by atoms with E-state index in [1.54, 1.807) is 14.2 Å². The van der Waals surface area contributed by atoms with Crippen LogP contribution < -0.4 is 0 Å². The van der Waals surface area contributed by atoms with E-state index in [0.717, 1.165) is 32.5 Å². The molecule has 22 heavy (non-hydrogen) atoms. The summed E-state index contributed by atoms with van der Waals surface area (Å²) in [4.78, 5) is 0. The van der Waals surface area contributed by atoms with Crippen molar-refractivity contribution in [2.24, 2.45) is 5.92 Å². The summed E-state index contributed by atoms with van der Waals surface area (Å²) in [6.45, 7) is 10.1. The van der Waals surface area contributed by atoms with Gasteiger partial charge in [-0.25, -0.2) is 0 Å². The van der Waals surface area contributed by atoms with Crippen LogP contribution in [0.2, 0.25) is 0 Å². The van der Waals surface area contributed by atoms with Gasteiger partial charge in [0.1, 0.15) is 0 Å². The van der Waals surface area contributed by atoms with Crippen LogP contribution in [0.4, 0.5) is 0 Å². The molecule has 2 rings (SSSR count).